The van der Waals surface area contributed by atoms with Crippen molar-refractivity contribution in [1.82, 2.24) is 24.1 Å². The minimum absolute atomic E-state index is 0.00861. The summed E-state index contributed by atoms with van der Waals surface area (Å²) in [6.07, 6.45) is 8.86. The van der Waals surface area contributed by atoms with Gasteiger partial charge in [-0.1, -0.05) is 115 Å². The molecule has 0 saturated heterocycles. The molecule has 0 fully saturated rings. The SMILES string of the molecule is CC12C=CC=CC1N(c1nc(-n3c4ccccc4c4ccccc43)nc(-n3c4ccccc4c4ccccc43)n1)c1ccccc12. The second-order valence-electron chi connectivity index (χ2n) is 12.3. The summed E-state index contributed by atoms with van der Waals surface area (Å²) in [5.74, 6) is 1.78. The number of rotatable bonds is 3. The van der Waals surface area contributed by atoms with E-state index in [9.17, 15) is 0 Å². The summed E-state index contributed by atoms with van der Waals surface area (Å²) in [5.41, 5.74) is 6.37. The van der Waals surface area contributed by atoms with Crippen LogP contribution >= 0.6 is 0 Å². The average molecular weight is 593 g/mol. The van der Waals surface area contributed by atoms with E-state index >= 15 is 0 Å². The number of benzene rings is 5. The molecule has 0 amide bonds. The minimum atomic E-state index is -0.224. The first kappa shape index (κ1) is 25.3. The molecule has 46 heavy (non-hydrogen) atoms. The molecular weight excluding hydrogens is 564 g/mol. The van der Waals surface area contributed by atoms with Crippen molar-refractivity contribution >= 4 is 55.2 Å². The Morgan fingerprint density at radius 3 is 1.46 bits per heavy atom. The fourth-order valence-electron chi connectivity index (χ4n) is 7.77. The second-order valence-corrected chi connectivity index (χ2v) is 12.3. The molecule has 4 heterocycles. The summed E-state index contributed by atoms with van der Waals surface area (Å²) < 4.78 is 4.37. The van der Waals surface area contributed by atoms with E-state index in [1.54, 1.807) is 0 Å². The summed E-state index contributed by atoms with van der Waals surface area (Å²) >= 11 is 0. The molecule has 6 heteroatoms. The Balaban J connectivity index is 1.33. The predicted molar refractivity (Wildman–Crippen MR) is 187 cm³/mol. The number of hydrogen-bond donors (Lipinski definition) is 0. The van der Waals surface area contributed by atoms with Crippen LogP contribution in [0.3, 0.4) is 0 Å². The first-order valence-corrected chi connectivity index (χ1v) is 15.7. The van der Waals surface area contributed by atoms with Crippen molar-refractivity contribution in [2.75, 3.05) is 4.90 Å². The molecule has 2 aliphatic rings. The summed E-state index contributed by atoms with van der Waals surface area (Å²) in [5, 5.41) is 4.66. The van der Waals surface area contributed by atoms with E-state index in [0.29, 0.717) is 17.8 Å². The van der Waals surface area contributed by atoms with Gasteiger partial charge in [0.05, 0.1) is 28.1 Å². The third-order valence-electron chi connectivity index (χ3n) is 9.86. The van der Waals surface area contributed by atoms with E-state index in [4.69, 9.17) is 15.0 Å². The van der Waals surface area contributed by atoms with Crippen molar-refractivity contribution in [3.05, 3.63) is 151 Å². The van der Waals surface area contributed by atoms with E-state index in [1.807, 2.05) is 0 Å². The topological polar surface area (TPSA) is 51.8 Å². The van der Waals surface area contributed by atoms with E-state index in [2.05, 4.69) is 167 Å². The molecule has 2 atom stereocenters. The van der Waals surface area contributed by atoms with E-state index in [1.165, 1.54) is 5.56 Å². The highest BCUT2D eigenvalue weighted by atomic mass is 15.4. The average Bonchev–Trinajstić information content (AvgIpc) is 3.72. The summed E-state index contributed by atoms with van der Waals surface area (Å²) in [7, 11) is 0. The van der Waals surface area contributed by atoms with Crippen molar-refractivity contribution in [3.63, 3.8) is 0 Å². The Labute approximate surface area is 265 Å². The molecule has 0 N–H and O–H groups in total. The molecule has 3 aromatic heterocycles. The number of aromatic nitrogens is 5. The highest BCUT2D eigenvalue weighted by Gasteiger charge is 2.47. The molecule has 6 nitrogen and oxygen atoms in total. The largest absolute Gasteiger partial charge is 0.302 e. The van der Waals surface area contributed by atoms with Crippen molar-refractivity contribution in [1.29, 1.82) is 0 Å². The Bertz CT molecular complexity index is 2350. The first-order valence-electron chi connectivity index (χ1n) is 15.7. The van der Waals surface area contributed by atoms with Gasteiger partial charge in [0.2, 0.25) is 17.8 Å². The van der Waals surface area contributed by atoms with E-state index < -0.39 is 0 Å². The van der Waals surface area contributed by atoms with Gasteiger partial charge in [-0.2, -0.15) is 15.0 Å². The molecule has 0 bridgehead atoms. The highest BCUT2D eigenvalue weighted by Crippen LogP contribution is 2.50. The maximum atomic E-state index is 5.34. The van der Waals surface area contributed by atoms with E-state index in [-0.39, 0.29) is 11.5 Å². The lowest BCUT2D eigenvalue weighted by atomic mass is 9.76. The van der Waals surface area contributed by atoms with Crippen molar-refractivity contribution in [2.45, 2.75) is 18.4 Å². The monoisotopic (exact) mass is 592 g/mol. The maximum absolute atomic E-state index is 5.34. The smallest absolute Gasteiger partial charge is 0.241 e. The zero-order chi connectivity index (χ0) is 30.4. The second kappa shape index (κ2) is 9.25. The molecule has 0 saturated carbocycles. The van der Waals surface area contributed by atoms with Gasteiger partial charge in [0, 0.05) is 32.6 Å². The summed E-state index contributed by atoms with van der Waals surface area (Å²) in [4.78, 5) is 18.3. The van der Waals surface area contributed by atoms with Crippen LogP contribution < -0.4 is 4.90 Å². The van der Waals surface area contributed by atoms with Crippen LogP contribution in [0.1, 0.15) is 12.5 Å². The van der Waals surface area contributed by atoms with Gasteiger partial charge >= 0.3 is 0 Å². The number of allylic oxidation sites excluding steroid dienone is 2. The molecular formula is C40H28N6. The normalized spacial score (nSPS) is 18.6. The standard InChI is InChI=1S/C40H28N6/c1-40-25-13-12-24-36(40)46(35-23-11-6-18-30(35)40)39-42-37(44-31-19-7-2-14-26(31)27-15-3-8-20-32(27)44)41-38(43-39)45-33-21-9-4-16-28(33)29-17-5-10-22-34(29)45/h2-25,36H,1H3. The molecule has 218 valence electrons. The number of anilines is 2. The number of hydrogen-bond acceptors (Lipinski definition) is 4. The van der Waals surface area contributed by atoms with Crippen molar-refractivity contribution in [3.8, 4) is 11.9 Å². The lowest BCUT2D eigenvalue weighted by Gasteiger charge is -2.33. The van der Waals surface area contributed by atoms with Crippen LogP contribution in [0.2, 0.25) is 0 Å². The van der Waals surface area contributed by atoms with Crippen LogP contribution in [0.5, 0.6) is 0 Å². The predicted octanol–water partition coefficient (Wildman–Crippen LogP) is 8.97. The van der Waals surface area contributed by atoms with Crippen LogP contribution in [0.15, 0.2) is 146 Å². The van der Waals surface area contributed by atoms with Crippen LogP contribution in [-0.2, 0) is 5.41 Å². The van der Waals surface area contributed by atoms with Gasteiger partial charge in [0.25, 0.3) is 0 Å². The van der Waals surface area contributed by atoms with Gasteiger partial charge in [-0.3, -0.25) is 9.13 Å². The Kier molecular flexibility index (Phi) is 5.09. The molecule has 1 aliphatic heterocycles. The molecule has 0 radical (unpaired) electrons. The molecule has 2 unspecified atom stereocenters. The van der Waals surface area contributed by atoms with Gasteiger partial charge in [0.15, 0.2) is 0 Å². The number of para-hydroxylation sites is 5. The van der Waals surface area contributed by atoms with Gasteiger partial charge in [0.1, 0.15) is 0 Å². The number of fused-ring (bicyclic) bond motifs is 9. The van der Waals surface area contributed by atoms with Crippen LogP contribution in [-0.4, -0.2) is 30.1 Å². The highest BCUT2D eigenvalue weighted by molar-refractivity contribution is 6.10. The minimum Gasteiger partial charge on any atom is -0.302 e. The van der Waals surface area contributed by atoms with Gasteiger partial charge in [-0.05, 0) is 42.8 Å². The van der Waals surface area contributed by atoms with Gasteiger partial charge < -0.3 is 4.90 Å². The van der Waals surface area contributed by atoms with Crippen LogP contribution in [0.4, 0.5) is 11.6 Å². The lowest BCUT2D eigenvalue weighted by molar-refractivity contribution is 0.545. The fourth-order valence-corrected chi connectivity index (χ4v) is 7.77. The summed E-state index contributed by atoms with van der Waals surface area (Å²) in [6.45, 7) is 2.30. The van der Waals surface area contributed by atoms with Crippen molar-refractivity contribution in [2.24, 2.45) is 0 Å². The maximum Gasteiger partial charge on any atom is 0.241 e. The van der Waals surface area contributed by atoms with Gasteiger partial charge in [-0.15, -0.1) is 0 Å². The fraction of sp³-hybridized carbons (Fsp3) is 0.0750. The quantitative estimate of drug-likeness (QED) is 0.206. The van der Waals surface area contributed by atoms with Crippen LogP contribution in [0, 0.1) is 0 Å². The van der Waals surface area contributed by atoms with Crippen molar-refractivity contribution < 1.29 is 0 Å². The Hall–Kier alpha value is -6.01. The summed E-state index contributed by atoms with van der Waals surface area (Å²) in [6, 6.07) is 42.6. The van der Waals surface area contributed by atoms with Gasteiger partial charge in [-0.25, -0.2) is 0 Å². The molecule has 0 spiro atoms. The molecule has 5 aromatic carbocycles. The first-order chi connectivity index (χ1) is 22.7. The molecule has 1 aliphatic carbocycles. The number of nitrogens with zero attached hydrogens (tertiary/aromatic N) is 6. The zero-order valence-electron chi connectivity index (χ0n) is 25.1. The van der Waals surface area contributed by atoms with Crippen LogP contribution in [0.25, 0.3) is 55.5 Å². The van der Waals surface area contributed by atoms with E-state index in [0.717, 1.165) is 49.3 Å². The third kappa shape index (κ3) is 3.33. The Morgan fingerprint density at radius 1 is 0.500 bits per heavy atom. The Morgan fingerprint density at radius 2 is 0.935 bits per heavy atom. The molecule has 10 rings (SSSR count). The zero-order valence-corrected chi connectivity index (χ0v) is 25.1. The molecule has 8 aromatic rings. The third-order valence-corrected chi connectivity index (χ3v) is 9.86. The lowest BCUT2D eigenvalue weighted by Crippen LogP contribution is -2.40.